The number of hydrogen-bond acceptors (Lipinski definition) is 4. The molecule has 6 nitrogen and oxygen atoms in total. The van der Waals surface area contributed by atoms with Crippen LogP contribution < -0.4 is 4.90 Å². The van der Waals surface area contributed by atoms with Crippen LogP contribution in [0.25, 0.3) is 22.9 Å². The molecule has 0 unspecified atom stereocenters. The molecule has 0 bridgehead atoms. The lowest BCUT2D eigenvalue weighted by Crippen LogP contribution is -2.27. The number of rotatable bonds is 7. The number of halogens is 1. The third-order valence-electron chi connectivity index (χ3n) is 5.43. The first-order valence-electron chi connectivity index (χ1n) is 10.7. The van der Waals surface area contributed by atoms with Crippen molar-refractivity contribution in [1.82, 2.24) is 15.0 Å². The number of benzene rings is 3. The summed E-state index contributed by atoms with van der Waals surface area (Å²) in [6.45, 7) is 0.431. The second kappa shape index (κ2) is 10.6. The SMILES string of the molecule is CN(C(=O)CCn1cc(-c2ccc(/C(C#N)=C/c3ccccc3Cl)cc2)nn1)c1ccccc1. The van der Waals surface area contributed by atoms with Gasteiger partial charge in [0, 0.05) is 29.7 Å². The molecule has 0 saturated carbocycles. The van der Waals surface area contributed by atoms with E-state index in [1.165, 1.54) is 0 Å². The minimum absolute atomic E-state index is 0.00180. The van der Waals surface area contributed by atoms with E-state index in [2.05, 4.69) is 16.4 Å². The van der Waals surface area contributed by atoms with E-state index >= 15 is 0 Å². The Morgan fingerprint density at radius 1 is 1.06 bits per heavy atom. The summed E-state index contributed by atoms with van der Waals surface area (Å²) in [5.74, 6) is 0.00180. The summed E-state index contributed by atoms with van der Waals surface area (Å²) in [4.78, 5) is 14.1. The Kier molecular flexibility index (Phi) is 7.16. The molecule has 0 radical (unpaired) electrons. The first-order valence-corrected chi connectivity index (χ1v) is 11.1. The molecular formula is C27H22ClN5O. The van der Waals surface area contributed by atoms with E-state index in [9.17, 15) is 10.1 Å². The lowest BCUT2D eigenvalue weighted by atomic mass is 10.0. The number of aryl methyl sites for hydroxylation is 1. The van der Waals surface area contributed by atoms with Crippen LogP contribution in [0.3, 0.4) is 0 Å². The van der Waals surface area contributed by atoms with Crippen molar-refractivity contribution in [3.05, 3.63) is 101 Å². The smallest absolute Gasteiger partial charge is 0.228 e. The third kappa shape index (κ3) is 5.40. The number of allylic oxidation sites excluding steroid dienone is 1. The standard InChI is InChI=1S/C27H22ClN5O/c1-32(24-8-3-2-4-9-24)27(34)15-16-33-19-26(30-31-33)21-13-11-20(12-14-21)23(18-29)17-22-7-5-6-10-25(22)28/h2-14,17,19H,15-16H2,1H3/b23-17+. The summed E-state index contributed by atoms with van der Waals surface area (Å²) in [5.41, 5.74) is 4.52. The molecular weight excluding hydrogens is 446 g/mol. The Bertz CT molecular complexity index is 1350. The van der Waals surface area contributed by atoms with Crippen molar-refractivity contribution >= 4 is 34.8 Å². The second-order valence-electron chi connectivity index (χ2n) is 7.67. The number of hydrogen-bond donors (Lipinski definition) is 0. The van der Waals surface area contributed by atoms with Gasteiger partial charge in [-0.25, -0.2) is 0 Å². The predicted molar refractivity (Wildman–Crippen MR) is 135 cm³/mol. The summed E-state index contributed by atoms with van der Waals surface area (Å²) in [6.07, 6.45) is 3.90. The van der Waals surface area contributed by atoms with Crippen LogP contribution in [0.1, 0.15) is 17.5 Å². The third-order valence-corrected chi connectivity index (χ3v) is 5.77. The summed E-state index contributed by atoms with van der Waals surface area (Å²) >= 11 is 6.22. The van der Waals surface area contributed by atoms with Gasteiger partial charge in [0.2, 0.25) is 5.91 Å². The highest BCUT2D eigenvalue weighted by molar-refractivity contribution is 6.32. The first-order chi connectivity index (χ1) is 16.5. The molecule has 0 aliphatic carbocycles. The monoisotopic (exact) mass is 467 g/mol. The van der Waals surface area contributed by atoms with E-state index in [0.29, 0.717) is 29.3 Å². The molecule has 0 fully saturated rings. The normalized spacial score (nSPS) is 11.1. The van der Waals surface area contributed by atoms with E-state index < -0.39 is 0 Å². The van der Waals surface area contributed by atoms with Crippen LogP contribution in [0.5, 0.6) is 0 Å². The van der Waals surface area contributed by atoms with Gasteiger partial charge in [0.1, 0.15) is 5.69 Å². The summed E-state index contributed by atoms with van der Waals surface area (Å²) in [6, 6.07) is 26.7. The maximum Gasteiger partial charge on any atom is 0.228 e. The van der Waals surface area contributed by atoms with Gasteiger partial charge in [-0.15, -0.1) is 5.10 Å². The van der Waals surface area contributed by atoms with E-state index in [4.69, 9.17) is 11.6 Å². The van der Waals surface area contributed by atoms with Crippen molar-refractivity contribution in [1.29, 1.82) is 5.26 Å². The van der Waals surface area contributed by atoms with Gasteiger partial charge >= 0.3 is 0 Å². The van der Waals surface area contributed by atoms with Crippen molar-refractivity contribution < 1.29 is 4.79 Å². The molecule has 168 valence electrons. The van der Waals surface area contributed by atoms with Crippen molar-refractivity contribution in [2.75, 3.05) is 11.9 Å². The van der Waals surface area contributed by atoms with Gasteiger partial charge in [-0.05, 0) is 35.4 Å². The van der Waals surface area contributed by atoms with E-state index in [1.54, 1.807) is 28.8 Å². The fourth-order valence-electron chi connectivity index (χ4n) is 3.46. The molecule has 0 spiro atoms. The van der Waals surface area contributed by atoms with Crippen LogP contribution in [0, 0.1) is 11.3 Å². The van der Waals surface area contributed by atoms with Gasteiger partial charge in [-0.3, -0.25) is 9.48 Å². The number of amides is 1. The maximum atomic E-state index is 12.5. The summed E-state index contributed by atoms with van der Waals surface area (Å²) < 4.78 is 1.66. The maximum absolute atomic E-state index is 12.5. The highest BCUT2D eigenvalue weighted by Gasteiger charge is 2.12. The zero-order valence-electron chi connectivity index (χ0n) is 18.6. The van der Waals surface area contributed by atoms with Crippen LogP contribution in [0.2, 0.25) is 5.02 Å². The van der Waals surface area contributed by atoms with Crippen molar-refractivity contribution in [2.45, 2.75) is 13.0 Å². The zero-order chi connectivity index (χ0) is 23.9. The molecule has 4 rings (SSSR count). The van der Waals surface area contributed by atoms with Gasteiger partial charge in [0.25, 0.3) is 0 Å². The van der Waals surface area contributed by atoms with E-state index in [1.807, 2.05) is 79.0 Å². The molecule has 4 aromatic rings. The molecule has 1 heterocycles. The molecule has 0 aliphatic rings. The van der Waals surface area contributed by atoms with Crippen LogP contribution in [0.4, 0.5) is 5.69 Å². The van der Waals surface area contributed by atoms with Crippen molar-refractivity contribution in [3.8, 4) is 17.3 Å². The Balaban J connectivity index is 1.42. The lowest BCUT2D eigenvalue weighted by molar-refractivity contribution is -0.118. The average molecular weight is 468 g/mol. The Hall–Kier alpha value is -4.21. The lowest BCUT2D eigenvalue weighted by Gasteiger charge is -2.16. The van der Waals surface area contributed by atoms with E-state index in [-0.39, 0.29) is 5.91 Å². The van der Waals surface area contributed by atoms with Gasteiger partial charge in [0.15, 0.2) is 0 Å². The number of anilines is 1. The van der Waals surface area contributed by atoms with Gasteiger partial charge in [0.05, 0.1) is 24.4 Å². The largest absolute Gasteiger partial charge is 0.315 e. The number of nitrogens with zero attached hydrogens (tertiary/aromatic N) is 5. The molecule has 3 aromatic carbocycles. The zero-order valence-corrected chi connectivity index (χ0v) is 19.4. The minimum atomic E-state index is 0.00180. The Labute approximate surface area is 203 Å². The average Bonchev–Trinajstić information content (AvgIpc) is 3.36. The topological polar surface area (TPSA) is 74.8 Å². The molecule has 1 amide bonds. The fourth-order valence-corrected chi connectivity index (χ4v) is 3.65. The minimum Gasteiger partial charge on any atom is -0.315 e. The van der Waals surface area contributed by atoms with Crippen LogP contribution in [-0.4, -0.2) is 27.9 Å². The van der Waals surface area contributed by atoms with Gasteiger partial charge in [-0.2, -0.15) is 5.26 Å². The van der Waals surface area contributed by atoms with Crippen LogP contribution in [0.15, 0.2) is 85.1 Å². The number of nitriles is 1. The molecule has 7 heteroatoms. The molecule has 34 heavy (non-hydrogen) atoms. The summed E-state index contributed by atoms with van der Waals surface area (Å²) in [5, 5.41) is 18.6. The number of carbonyl (C=O) groups is 1. The summed E-state index contributed by atoms with van der Waals surface area (Å²) in [7, 11) is 1.77. The molecule has 0 aliphatic heterocycles. The first kappa shape index (κ1) is 23.0. The van der Waals surface area contributed by atoms with Crippen LogP contribution in [-0.2, 0) is 11.3 Å². The van der Waals surface area contributed by atoms with Crippen molar-refractivity contribution in [3.63, 3.8) is 0 Å². The quantitative estimate of drug-likeness (QED) is 0.257. The number of carbonyl (C=O) groups excluding carboxylic acids is 1. The highest BCUT2D eigenvalue weighted by atomic mass is 35.5. The Morgan fingerprint density at radius 2 is 1.76 bits per heavy atom. The number of para-hydroxylation sites is 1. The molecule has 1 aromatic heterocycles. The van der Waals surface area contributed by atoms with Gasteiger partial charge in [-0.1, -0.05) is 77.5 Å². The Morgan fingerprint density at radius 3 is 2.47 bits per heavy atom. The fraction of sp³-hybridized carbons (Fsp3) is 0.111. The molecule has 0 atom stereocenters. The number of aromatic nitrogens is 3. The van der Waals surface area contributed by atoms with Gasteiger partial charge < -0.3 is 4.90 Å². The second-order valence-corrected chi connectivity index (χ2v) is 8.08. The van der Waals surface area contributed by atoms with Crippen LogP contribution >= 0.6 is 11.6 Å². The highest BCUT2D eigenvalue weighted by Crippen LogP contribution is 2.25. The molecule has 0 saturated heterocycles. The van der Waals surface area contributed by atoms with E-state index in [0.717, 1.165) is 22.4 Å². The molecule has 0 N–H and O–H groups in total. The predicted octanol–water partition coefficient (Wildman–Crippen LogP) is 5.72. The van der Waals surface area contributed by atoms with Crippen molar-refractivity contribution in [2.24, 2.45) is 0 Å².